The van der Waals surface area contributed by atoms with Crippen molar-refractivity contribution in [1.29, 1.82) is 0 Å². The summed E-state index contributed by atoms with van der Waals surface area (Å²) < 4.78 is 9.85. The Balaban J connectivity index is 2.99. The van der Waals surface area contributed by atoms with Crippen LogP contribution in [0, 0.1) is 0 Å². The van der Waals surface area contributed by atoms with Crippen LogP contribution in [0.5, 0.6) is 0 Å². The Morgan fingerprint density at radius 1 is 1.45 bits per heavy atom. The Morgan fingerprint density at radius 3 is 2.80 bits per heavy atom. The zero-order valence-corrected chi connectivity index (χ0v) is 12.5. The fourth-order valence-electron chi connectivity index (χ4n) is 1.69. The van der Waals surface area contributed by atoms with Crippen molar-refractivity contribution in [3.63, 3.8) is 0 Å². The van der Waals surface area contributed by atoms with Crippen LogP contribution in [0.25, 0.3) is 0 Å². The van der Waals surface area contributed by atoms with E-state index in [2.05, 4.69) is 4.98 Å². The second-order valence-corrected chi connectivity index (χ2v) is 4.59. The molecule has 0 radical (unpaired) electrons. The fraction of sp³-hybridized carbons (Fsp3) is 0.462. The molecule has 0 aliphatic heterocycles. The van der Waals surface area contributed by atoms with Crippen molar-refractivity contribution in [2.24, 2.45) is 5.73 Å². The lowest BCUT2D eigenvalue weighted by Gasteiger charge is -2.24. The molecule has 7 heteroatoms. The van der Waals surface area contributed by atoms with Crippen LogP contribution >= 0.6 is 12.2 Å². The maximum atomic E-state index is 11.8. The molecular weight excluding hydrogens is 278 g/mol. The molecule has 0 saturated carbocycles. The summed E-state index contributed by atoms with van der Waals surface area (Å²) in [7, 11) is 2.96. The Bertz CT molecular complexity index is 468. The topological polar surface area (TPSA) is 77.7 Å². The van der Waals surface area contributed by atoms with Crippen LogP contribution in [0.15, 0.2) is 18.3 Å². The van der Waals surface area contributed by atoms with Crippen LogP contribution in [-0.4, -0.2) is 49.9 Å². The summed E-state index contributed by atoms with van der Waals surface area (Å²) in [6, 6.07) is 3.37. The second kappa shape index (κ2) is 8.44. The summed E-state index contributed by atoms with van der Waals surface area (Å²) in [4.78, 5) is 18.4. The van der Waals surface area contributed by atoms with Gasteiger partial charge in [0.15, 0.2) is 0 Å². The molecule has 0 bridgehead atoms. The molecule has 1 aromatic rings. The molecule has 1 aromatic heterocycles. The van der Waals surface area contributed by atoms with Gasteiger partial charge in [-0.05, 0) is 12.1 Å². The highest BCUT2D eigenvalue weighted by Crippen LogP contribution is 2.18. The van der Waals surface area contributed by atoms with Crippen molar-refractivity contribution in [3.8, 4) is 0 Å². The van der Waals surface area contributed by atoms with Crippen LogP contribution in [0.1, 0.15) is 16.8 Å². The van der Waals surface area contributed by atoms with E-state index >= 15 is 0 Å². The van der Waals surface area contributed by atoms with E-state index in [9.17, 15) is 4.79 Å². The molecule has 0 fully saturated rings. The van der Waals surface area contributed by atoms with E-state index in [-0.39, 0.29) is 0 Å². The van der Waals surface area contributed by atoms with Gasteiger partial charge in [-0.25, -0.2) is 9.78 Å². The molecule has 6 nitrogen and oxygen atoms in total. The molecule has 0 saturated heterocycles. The number of methoxy groups -OCH3 is 2. The third-order valence-corrected chi connectivity index (χ3v) is 2.89. The van der Waals surface area contributed by atoms with Crippen molar-refractivity contribution >= 4 is 29.0 Å². The van der Waals surface area contributed by atoms with E-state index in [0.717, 1.165) is 0 Å². The van der Waals surface area contributed by atoms with Gasteiger partial charge in [-0.15, -0.1) is 0 Å². The smallest absolute Gasteiger partial charge is 0.341 e. The molecule has 1 rings (SSSR count). The molecule has 0 atom stereocenters. The first-order valence-corrected chi connectivity index (χ1v) is 6.56. The number of carbonyl (C=O) groups excluding carboxylic acids is 1. The summed E-state index contributed by atoms with van der Waals surface area (Å²) in [5.74, 6) is 0.124. The average molecular weight is 297 g/mol. The molecule has 0 aromatic carbocycles. The lowest BCUT2D eigenvalue weighted by Crippen LogP contribution is -2.32. The van der Waals surface area contributed by atoms with Crippen molar-refractivity contribution < 1.29 is 14.3 Å². The first kappa shape index (κ1) is 16.3. The number of pyridine rings is 1. The number of anilines is 1. The number of esters is 1. The molecule has 110 valence electrons. The van der Waals surface area contributed by atoms with Gasteiger partial charge < -0.3 is 20.1 Å². The zero-order valence-electron chi connectivity index (χ0n) is 11.7. The minimum Gasteiger partial charge on any atom is -0.465 e. The third-order valence-electron chi connectivity index (χ3n) is 2.68. The van der Waals surface area contributed by atoms with E-state index in [1.807, 2.05) is 4.90 Å². The van der Waals surface area contributed by atoms with Gasteiger partial charge >= 0.3 is 5.97 Å². The Morgan fingerprint density at radius 2 is 2.20 bits per heavy atom. The highest BCUT2D eigenvalue weighted by molar-refractivity contribution is 7.80. The number of hydrogen-bond donors (Lipinski definition) is 1. The quantitative estimate of drug-likeness (QED) is 0.566. The second-order valence-electron chi connectivity index (χ2n) is 4.06. The van der Waals surface area contributed by atoms with Crippen molar-refractivity contribution in [2.45, 2.75) is 6.42 Å². The van der Waals surface area contributed by atoms with Gasteiger partial charge in [0, 0.05) is 32.8 Å². The number of hydrogen-bond acceptors (Lipinski definition) is 6. The van der Waals surface area contributed by atoms with Gasteiger partial charge in [-0.2, -0.15) is 0 Å². The molecule has 0 amide bonds. The number of carbonyl (C=O) groups is 1. The lowest BCUT2D eigenvalue weighted by molar-refractivity contribution is 0.0601. The van der Waals surface area contributed by atoms with Gasteiger partial charge in [-0.1, -0.05) is 12.2 Å². The molecule has 1 heterocycles. The van der Waals surface area contributed by atoms with E-state index in [1.54, 1.807) is 25.4 Å². The molecular formula is C13H19N3O3S. The summed E-state index contributed by atoms with van der Waals surface area (Å²) in [6.07, 6.45) is 2.17. The summed E-state index contributed by atoms with van der Waals surface area (Å²) >= 11 is 4.89. The number of rotatable bonds is 8. The van der Waals surface area contributed by atoms with E-state index in [0.29, 0.717) is 42.5 Å². The summed E-state index contributed by atoms with van der Waals surface area (Å²) in [6.45, 7) is 1.66. The zero-order chi connectivity index (χ0) is 15.0. The average Bonchev–Trinajstić information content (AvgIpc) is 2.46. The van der Waals surface area contributed by atoms with Gasteiger partial charge in [0.25, 0.3) is 0 Å². The van der Waals surface area contributed by atoms with Crippen LogP contribution in [0.4, 0.5) is 5.82 Å². The minimum absolute atomic E-state index is 0.411. The molecule has 2 N–H and O–H groups in total. The van der Waals surface area contributed by atoms with E-state index in [4.69, 9.17) is 27.4 Å². The lowest BCUT2D eigenvalue weighted by atomic mass is 10.2. The maximum absolute atomic E-state index is 11.8. The Labute approximate surface area is 123 Å². The van der Waals surface area contributed by atoms with Crippen LogP contribution < -0.4 is 10.6 Å². The van der Waals surface area contributed by atoms with E-state index in [1.165, 1.54) is 7.11 Å². The standard InChI is InChI=1S/C13H19N3O3S/c1-18-9-8-16(7-5-11(14)20)12-10(13(17)19-2)4-3-6-15-12/h3-4,6H,5,7-9H2,1-2H3,(H2,14,20). The van der Waals surface area contributed by atoms with Crippen molar-refractivity contribution in [2.75, 3.05) is 38.8 Å². The predicted octanol–water partition coefficient (Wildman–Crippen LogP) is 0.997. The highest BCUT2D eigenvalue weighted by Gasteiger charge is 2.18. The summed E-state index contributed by atoms with van der Waals surface area (Å²) in [5, 5.41) is 0. The normalized spacial score (nSPS) is 10.1. The number of thiocarbonyl (C=S) groups is 1. The van der Waals surface area contributed by atoms with Gasteiger partial charge in [0.05, 0.1) is 18.7 Å². The largest absolute Gasteiger partial charge is 0.465 e. The van der Waals surface area contributed by atoms with Crippen LogP contribution in [0.3, 0.4) is 0 Å². The molecule has 0 unspecified atom stereocenters. The maximum Gasteiger partial charge on any atom is 0.341 e. The molecule has 0 aliphatic rings. The molecule has 20 heavy (non-hydrogen) atoms. The number of aromatic nitrogens is 1. The van der Waals surface area contributed by atoms with Crippen molar-refractivity contribution in [3.05, 3.63) is 23.9 Å². The Kier molecular flexibility index (Phi) is 6.89. The first-order valence-electron chi connectivity index (χ1n) is 6.15. The van der Waals surface area contributed by atoms with Crippen molar-refractivity contribution in [1.82, 2.24) is 4.98 Å². The van der Waals surface area contributed by atoms with Gasteiger partial charge in [-0.3, -0.25) is 0 Å². The minimum atomic E-state index is -0.425. The SMILES string of the molecule is COCCN(CCC(N)=S)c1ncccc1C(=O)OC. The number of ether oxygens (including phenoxy) is 2. The van der Waals surface area contributed by atoms with E-state index < -0.39 is 5.97 Å². The first-order chi connectivity index (χ1) is 9.60. The third kappa shape index (κ3) is 4.75. The van der Waals surface area contributed by atoms with Crippen LogP contribution in [0.2, 0.25) is 0 Å². The van der Waals surface area contributed by atoms with Gasteiger partial charge in [0.2, 0.25) is 0 Å². The number of nitrogens with zero attached hydrogens (tertiary/aromatic N) is 2. The highest BCUT2D eigenvalue weighted by atomic mass is 32.1. The monoisotopic (exact) mass is 297 g/mol. The summed E-state index contributed by atoms with van der Waals surface area (Å²) in [5.41, 5.74) is 5.94. The number of nitrogens with two attached hydrogens (primary N) is 1. The molecule has 0 spiro atoms. The van der Waals surface area contributed by atoms with Gasteiger partial charge in [0.1, 0.15) is 11.4 Å². The van der Waals surface area contributed by atoms with Crippen LogP contribution in [-0.2, 0) is 9.47 Å². The molecule has 0 aliphatic carbocycles. The predicted molar refractivity (Wildman–Crippen MR) is 81.1 cm³/mol. The fourth-order valence-corrected chi connectivity index (χ4v) is 1.78. The Hall–Kier alpha value is -1.73.